The first-order chi connectivity index (χ1) is 9.75. The second-order valence-corrected chi connectivity index (χ2v) is 5.02. The van der Waals surface area contributed by atoms with E-state index >= 15 is 0 Å². The number of nitrogens with one attached hydrogen (secondary N) is 1. The minimum absolute atomic E-state index is 0.0647. The third kappa shape index (κ3) is 1.46. The summed E-state index contributed by atoms with van der Waals surface area (Å²) in [6.07, 6.45) is 4.19. The predicted octanol–water partition coefficient (Wildman–Crippen LogP) is 2.32. The zero-order valence-electron chi connectivity index (χ0n) is 10.7. The van der Waals surface area contributed by atoms with E-state index in [9.17, 15) is 9.18 Å². The fraction of sp³-hybridized carbons (Fsp3) is 0.200. The van der Waals surface area contributed by atoms with Crippen LogP contribution in [0.25, 0.3) is 16.8 Å². The molecule has 0 fully saturated rings. The third-order valence-electron chi connectivity index (χ3n) is 3.85. The first-order valence-electron chi connectivity index (χ1n) is 6.62. The summed E-state index contributed by atoms with van der Waals surface area (Å²) >= 11 is 0. The van der Waals surface area contributed by atoms with E-state index in [0.29, 0.717) is 16.8 Å². The number of aromatic nitrogens is 3. The van der Waals surface area contributed by atoms with Crippen molar-refractivity contribution in [2.75, 3.05) is 0 Å². The van der Waals surface area contributed by atoms with Gasteiger partial charge in [-0.25, -0.2) is 13.9 Å². The topological polar surface area (TPSA) is 50.2 Å². The van der Waals surface area contributed by atoms with E-state index in [1.807, 2.05) is 0 Å². The molecule has 2 aromatic heterocycles. The lowest BCUT2D eigenvalue weighted by Crippen LogP contribution is -2.20. The Morgan fingerprint density at radius 3 is 2.90 bits per heavy atom. The maximum atomic E-state index is 13.9. The Morgan fingerprint density at radius 2 is 2.05 bits per heavy atom. The van der Waals surface area contributed by atoms with Crippen molar-refractivity contribution in [2.24, 2.45) is 0 Å². The van der Waals surface area contributed by atoms with Crippen molar-refractivity contribution < 1.29 is 4.39 Å². The van der Waals surface area contributed by atoms with Gasteiger partial charge in [-0.2, -0.15) is 0 Å². The molecular weight excluding hydrogens is 257 g/mol. The summed E-state index contributed by atoms with van der Waals surface area (Å²) in [6, 6.07) is 6.51. The zero-order chi connectivity index (χ0) is 13.7. The van der Waals surface area contributed by atoms with Gasteiger partial charge in [0.1, 0.15) is 5.82 Å². The third-order valence-corrected chi connectivity index (χ3v) is 3.85. The summed E-state index contributed by atoms with van der Waals surface area (Å²) < 4.78 is 15.3. The predicted molar refractivity (Wildman–Crippen MR) is 73.2 cm³/mol. The van der Waals surface area contributed by atoms with Gasteiger partial charge >= 0.3 is 0 Å². The molecule has 0 aliphatic heterocycles. The van der Waals surface area contributed by atoms with E-state index in [2.05, 4.69) is 10.1 Å². The summed E-state index contributed by atoms with van der Waals surface area (Å²) in [4.78, 5) is 16.9. The number of benzene rings is 1. The highest BCUT2D eigenvalue weighted by molar-refractivity contribution is 5.77. The van der Waals surface area contributed by atoms with E-state index in [-0.39, 0.29) is 11.4 Å². The molecule has 0 bridgehead atoms. The number of fused-ring (bicyclic) bond motifs is 2. The number of nitrogens with zero attached hydrogens (tertiary/aromatic N) is 2. The van der Waals surface area contributed by atoms with Crippen LogP contribution in [-0.4, -0.2) is 14.6 Å². The van der Waals surface area contributed by atoms with Gasteiger partial charge in [0.25, 0.3) is 5.56 Å². The van der Waals surface area contributed by atoms with Gasteiger partial charge < -0.3 is 0 Å². The van der Waals surface area contributed by atoms with Gasteiger partial charge in [0.05, 0.1) is 5.69 Å². The molecule has 5 heteroatoms. The van der Waals surface area contributed by atoms with Crippen molar-refractivity contribution in [2.45, 2.75) is 19.3 Å². The summed E-state index contributed by atoms with van der Waals surface area (Å²) in [6.45, 7) is 0. The maximum absolute atomic E-state index is 13.9. The highest BCUT2D eigenvalue weighted by atomic mass is 19.1. The molecule has 100 valence electrons. The van der Waals surface area contributed by atoms with Crippen LogP contribution < -0.4 is 5.56 Å². The van der Waals surface area contributed by atoms with Gasteiger partial charge in [-0.3, -0.25) is 9.89 Å². The van der Waals surface area contributed by atoms with Crippen molar-refractivity contribution in [1.29, 1.82) is 0 Å². The van der Waals surface area contributed by atoms with Crippen molar-refractivity contribution in [3.05, 3.63) is 57.9 Å². The van der Waals surface area contributed by atoms with Crippen molar-refractivity contribution in [3.8, 4) is 11.1 Å². The molecular formula is C15H12FN3O. The Bertz CT molecular complexity index is 878. The number of H-pyrrole nitrogens is 1. The van der Waals surface area contributed by atoms with Crippen LogP contribution >= 0.6 is 0 Å². The lowest BCUT2D eigenvalue weighted by atomic mass is 10.1. The van der Waals surface area contributed by atoms with Crippen LogP contribution in [0.3, 0.4) is 0 Å². The molecule has 3 aromatic rings. The largest absolute Gasteiger partial charge is 0.296 e. The van der Waals surface area contributed by atoms with Gasteiger partial charge in [0, 0.05) is 22.9 Å². The monoisotopic (exact) mass is 269 g/mol. The van der Waals surface area contributed by atoms with Crippen molar-refractivity contribution in [3.63, 3.8) is 0 Å². The molecule has 0 amide bonds. The normalized spacial score (nSPS) is 13.8. The first-order valence-corrected chi connectivity index (χ1v) is 6.62. The van der Waals surface area contributed by atoms with Gasteiger partial charge in [0.15, 0.2) is 5.65 Å². The van der Waals surface area contributed by atoms with Crippen molar-refractivity contribution >= 4 is 5.65 Å². The van der Waals surface area contributed by atoms with E-state index in [4.69, 9.17) is 0 Å². The Kier molecular flexibility index (Phi) is 2.30. The van der Waals surface area contributed by atoms with Gasteiger partial charge in [0.2, 0.25) is 0 Å². The van der Waals surface area contributed by atoms with Gasteiger partial charge in [-0.15, -0.1) is 0 Å². The Morgan fingerprint density at radius 1 is 1.20 bits per heavy atom. The number of aryl methyl sites for hydroxylation is 1. The summed E-state index contributed by atoms with van der Waals surface area (Å²) in [7, 11) is 0. The Hall–Kier alpha value is -2.43. The number of halogens is 1. The smallest absolute Gasteiger partial charge is 0.276 e. The maximum Gasteiger partial charge on any atom is 0.276 e. The molecule has 1 aliphatic rings. The minimum Gasteiger partial charge on any atom is -0.296 e. The van der Waals surface area contributed by atoms with E-state index in [0.717, 1.165) is 30.5 Å². The quantitative estimate of drug-likeness (QED) is 0.737. The fourth-order valence-electron chi connectivity index (χ4n) is 2.86. The molecule has 1 aliphatic carbocycles. The number of hydrogen-bond donors (Lipinski definition) is 1. The number of hydrogen-bond acceptors (Lipinski definition) is 2. The number of aromatic amines is 1. The molecule has 0 unspecified atom stereocenters. The SMILES string of the molecule is O=c1c2c(nc3c(-c4ccccc4F)c[nH]n13)CCC2. The molecule has 0 saturated carbocycles. The highest BCUT2D eigenvalue weighted by Gasteiger charge is 2.21. The summed E-state index contributed by atoms with van der Waals surface area (Å²) in [5, 5.41) is 2.89. The average molecular weight is 269 g/mol. The lowest BCUT2D eigenvalue weighted by molar-refractivity contribution is 0.631. The molecule has 0 atom stereocenters. The highest BCUT2D eigenvalue weighted by Crippen LogP contribution is 2.27. The van der Waals surface area contributed by atoms with Crippen LogP contribution in [-0.2, 0) is 12.8 Å². The molecule has 2 heterocycles. The molecule has 0 saturated heterocycles. The second kappa shape index (κ2) is 4.03. The van der Waals surface area contributed by atoms with E-state index in [1.165, 1.54) is 10.6 Å². The molecule has 4 rings (SSSR count). The van der Waals surface area contributed by atoms with Crippen LogP contribution in [0.5, 0.6) is 0 Å². The van der Waals surface area contributed by atoms with E-state index < -0.39 is 0 Å². The second-order valence-electron chi connectivity index (χ2n) is 5.02. The standard InChI is InChI=1S/C15H12FN3O/c16-12-6-2-1-4-9(12)11-8-17-19-14(11)18-13-7-3-5-10(13)15(19)20/h1-2,4,6,8,17H,3,5,7H2. The molecule has 20 heavy (non-hydrogen) atoms. The average Bonchev–Trinajstić information content (AvgIpc) is 3.07. The Balaban J connectivity index is 2.06. The molecule has 1 N–H and O–H groups in total. The molecule has 4 nitrogen and oxygen atoms in total. The van der Waals surface area contributed by atoms with Crippen LogP contribution in [0.2, 0.25) is 0 Å². The fourth-order valence-corrected chi connectivity index (χ4v) is 2.86. The van der Waals surface area contributed by atoms with Crippen LogP contribution in [0.15, 0.2) is 35.3 Å². The Labute approximate surface area is 113 Å². The minimum atomic E-state index is -0.316. The molecule has 1 aromatic carbocycles. The van der Waals surface area contributed by atoms with Crippen molar-refractivity contribution in [1.82, 2.24) is 14.6 Å². The zero-order valence-corrected chi connectivity index (χ0v) is 10.7. The van der Waals surface area contributed by atoms with Gasteiger partial charge in [-0.05, 0) is 25.3 Å². The lowest BCUT2D eigenvalue weighted by Gasteiger charge is -2.03. The van der Waals surface area contributed by atoms with Crippen LogP contribution in [0, 0.1) is 5.82 Å². The first kappa shape index (κ1) is 11.4. The summed E-state index contributed by atoms with van der Waals surface area (Å²) in [5.41, 5.74) is 3.15. The summed E-state index contributed by atoms with van der Waals surface area (Å²) in [5.74, 6) is -0.316. The van der Waals surface area contributed by atoms with E-state index in [1.54, 1.807) is 24.4 Å². The number of rotatable bonds is 1. The molecule has 0 spiro atoms. The van der Waals surface area contributed by atoms with Crippen LogP contribution in [0.1, 0.15) is 17.7 Å². The van der Waals surface area contributed by atoms with Crippen LogP contribution in [0.4, 0.5) is 4.39 Å². The molecule has 0 radical (unpaired) electrons. The van der Waals surface area contributed by atoms with Gasteiger partial charge in [-0.1, -0.05) is 18.2 Å².